The summed E-state index contributed by atoms with van der Waals surface area (Å²) in [4.78, 5) is 13.1. The average Bonchev–Trinajstić information content (AvgIpc) is 2.63. The van der Waals surface area contributed by atoms with E-state index in [2.05, 4.69) is 0 Å². The Balaban J connectivity index is 2.11. The van der Waals surface area contributed by atoms with Crippen LogP contribution in [0.2, 0.25) is 0 Å². The largest absolute Gasteiger partial charge is 0.289 e. The van der Waals surface area contributed by atoms with Crippen molar-refractivity contribution in [3.05, 3.63) is 95.7 Å². The van der Waals surface area contributed by atoms with Crippen LogP contribution in [0.1, 0.15) is 31.9 Å². The highest BCUT2D eigenvalue weighted by Gasteiger charge is 2.24. The van der Waals surface area contributed by atoms with Gasteiger partial charge >= 0.3 is 0 Å². The van der Waals surface area contributed by atoms with E-state index in [9.17, 15) is 10.0 Å². The molecule has 1 aliphatic rings. The number of nitrogens with zero attached hydrogens (tertiary/aromatic N) is 1. The minimum atomic E-state index is -0.435. The fourth-order valence-electron chi connectivity index (χ4n) is 2.72. The minimum absolute atomic E-state index is 0.0141. The molecule has 0 aromatic heterocycles. The van der Waals surface area contributed by atoms with Gasteiger partial charge in [0, 0.05) is 17.3 Å². The summed E-state index contributed by atoms with van der Waals surface area (Å²) >= 11 is 0. The van der Waals surface area contributed by atoms with Gasteiger partial charge in [0.2, 0.25) is 0 Å². The van der Waals surface area contributed by atoms with Crippen LogP contribution in [0.25, 0.3) is 11.1 Å². The Bertz CT molecular complexity index is 823. The monoisotopic (exact) mass is 345 g/mol. The summed E-state index contributed by atoms with van der Waals surface area (Å²) in [6.45, 7) is 5.76. The van der Waals surface area contributed by atoms with Crippen LogP contribution in [0.4, 0.5) is 0 Å². The first-order valence-electron chi connectivity index (χ1n) is 8.65. The van der Waals surface area contributed by atoms with Crippen molar-refractivity contribution in [2.24, 2.45) is 0 Å². The predicted molar refractivity (Wildman–Crippen MR) is 105 cm³/mol. The summed E-state index contributed by atoms with van der Waals surface area (Å²) in [5.41, 5.74) is 3.33. The van der Waals surface area contributed by atoms with Gasteiger partial charge in [0.15, 0.2) is 5.78 Å². The molecule has 0 saturated heterocycles. The number of carbonyl (C=O) groups excluding carboxylic acids is 1. The molecule has 0 amide bonds. The molecule has 3 heteroatoms. The number of Topliss-reactive ketones (excluding diaryl/α,β-unsaturated/α-hetero) is 1. The number of allylic oxidation sites excluding steroid dienone is 5. The third-order valence-electron chi connectivity index (χ3n) is 4.24. The van der Waals surface area contributed by atoms with Crippen molar-refractivity contribution in [3.8, 4) is 0 Å². The number of ketones is 1. The lowest BCUT2D eigenvalue weighted by atomic mass is 9.86. The molecule has 1 N–H and O–H groups in total. The van der Waals surface area contributed by atoms with E-state index in [0.29, 0.717) is 11.1 Å². The van der Waals surface area contributed by atoms with Gasteiger partial charge in [-0.2, -0.15) is 0 Å². The zero-order valence-corrected chi connectivity index (χ0v) is 15.3. The molecule has 26 heavy (non-hydrogen) atoms. The molecule has 0 bridgehead atoms. The lowest BCUT2D eigenvalue weighted by Crippen LogP contribution is -2.34. The first kappa shape index (κ1) is 17.9. The first-order chi connectivity index (χ1) is 12.4. The standard InChI is InChI=1S/C23H23NO2/c1-23(2,3)24(26)16-17-14-20(18-10-6-4-7-11-18)22(25)21(15-17)19-12-8-5-9-13-19/h4-16,26H,1-3H3. The maximum atomic E-state index is 13.1. The van der Waals surface area contributed by atoms with Crippen molar-refractivity contribution < 1.29 is 10.0 Å². The van der Waals surface area contributed by atoms with Gasteiger partial charge < -0.3 is 0 Å². The van der Waals surface area contributed by atoms with Gasteiger partial charge in [-0.3, -0.25) is 15.1 Å². The number of hydrogen-bond acceptors (Lipinski definition) is 3. The van der Waals surface area contributed by atoms with Crippen LogP contribution in [-0.4, -0.2) is 21.6 Å². The van der Waals surface area contributed by atoms with Crippen LogP contribution in [-0.2, 0) is 4.79 Å². The summed E-state index contributed by atoms with van der Waals surface area (Å²) < 4.78 is 0. The third kappa shape index (κ3) is 3.84. The topological polar surface area (TPSA) is 40.5 Å². The lowest BCUT2D eigenvalue weighted by Gasteiger charge is -2.29. The molecule has 0 spiro atoms. The van der Waals surface area contributed by atoms with Crippen LogP contribution >= 0.6 is 0 Å². The maximum absolute atomic E-state index is 13.1. The van der Waals surface area contributed by atoms with Crippen LogP contribution in [0, 0.1) is 0 Å². The molecular weight excluding hydrogens is 322 g/mol. The summed E-state index contributed by atoms with van der Waals surface area (Å²) in [6.07, 6.45) is 5.33. The van der Waals surface area contributed by atoms with Crippen LogP contribution in [0.15, 0.2) is 84.6 Å². The second kappa shape index (κ2) is 7.14. The van der Waals surface area contributed by atoms with Gasteiger partial charge in [0.05, 0.1) is 5.54 Å². The van der Waals surface area contributed by atoms with E-state index in [-0.39, 0.29) is 5.78 Å². The molecule has 3 rings (SSSR count). The van der Waals surface area contributed by atoms with Crippen LogP contribution in [0.5, 0.6) is 0 Å². The zero-order valence-electron chi connectivity index (χ0n) is 15.3. The molecular formula is C23H23NO2. The fourth-order valence-corrected chi connectivity index (χ4v) is 2.72. The molecule has 2 aromatic rings. The number of hydroxylamine groups is 2. The Morgan fingerprint density at radius 2 is 1.23 bits per heavy atom. The SMILES string of the molecule is CC(C)(C)N(O)C=C1C=C(c2ccccc2)C(=O)C(c2ccccc2)=C1. The van der Waals surface area contributed by atoms with Crippen molar-refractivity contribution >= 4 is 16.9 Å². The number of benzene rings is 2. The lowest BCUT2D eigenvalue weighted by molar-refractivity contribution is -0.110. The van der Waals surface area contributed by atoms with Gasteiger partial charge in [-0.05, 0) is 49.6 Å². The molecule has 0 fully saturated rings. The fraction of sp³-hybridized carbons (Fsp3) is 0.174. The average molecular weight is 345 g/mol. The highest BCUT2D eigenvalue weighted by Crippen LogP contribution is 2.32. The zero-order chi connectivity index (χ0) is 18.7. The number of rotatable bonds is 3. The van der Waals surface area contributed by atoms with Crippen molar-refractivity contribution in [1.82, 2.24) is 5.06 Å². The molecule has 0 saturated carbocycles. The minimum Gasteiger partial charge on any atom is -0.289 e. The smallest absolute Gasteiger partial charge is 0.194 e. The highest BCUT2D eigenvalue weighted by atomic mass is 16.5. The van der Waals surface area contributed by atoms with Crippen molar-refractivity contribution in [2.45, 2.75) is 26.3 Å². The molecule has 0 radical (unpaired) electrons. The van der Waals surface area contributed by atoms with Crippen LogP contribution < -0.4 is 0 Å². The van der Waals surface area contributed by atoms with Crippen molar-refractivity contribution in [2.75, 3.05) is 0 Å². The molecule has 1 aliphatic carbocycles. The van der Waals surface area contributed by atoms with Crippen molar-refractivity contribution in [3.63, 3.8) is 0 Å². The Hall–Kier alpha value is -2.91. The Labute approximate surface area is 154 Å². The molecule has 0 atom stereocenters. The first-order valence-corrected chi connectivity index (χ1v) is 8.65. The van der Waals surface area contributed by atoms with Gasteiger partial charge in [0.1, 0.15) is 0 Å². The summed E-state index contributed by atoms with van der Waals surface area (Å²) in [5, 5.41) is 11.5. The summed E-state index contributed by atoms with van der Waals surface area (Å²) in [5.74, 6) is -0.0141. The Kier molecular flexibility index (Phi) is 4.92. The normalized spacial score (nSPS) is 14.6. The van der Waals surface area contributed by atoms with Gasteiger partial charge in [-0.25, -0.2) is 0 Å². The van der Waals surface area contributed by atoms with Gasteiger partial charge in [-0.15, -0.1) is 0 Å². The van der Waals surface area contributed by atoms with E-state index < -0.39 is 5.54 Å². The molecule has 0 heterocycles. The second-order valence-electron chi connectivity index (χ2n) is 7.32. The predicted octanol–water partition coefficient (Wildman–Crippen LogP) is 5.11. The maximum Gasteiger partial charge on any atom is 0.194 e. The highest BCUT2D eigenvalue weighted by molar-refractivity contribution is 6.43. The van der Waals surface area contributed by atoms with E-state index in [4.69, 9.17) is 0 Å². The molecule has 3 nitrogen and oxygen atoms in total. The van der Waals surface area contributed by atoms with E-state index in [1.54, 1.807) is 6.20 Å². The summed E-state index contributed by atoms with van der Waals surface area (Å²) in [6, 6.07) is 19.2. The third-order valence-corrected chi connectivity index (χ3v) is 4.24. The molecule has 0 unspecified atom stereocenters. The molecule has 0 aliphatic heterocycles. The van der Waals surface area contributed by atoms with Gasteiger partial charge in [-0.1, -0.05) is 60.7 Å². The van der Waals surface area contributed by atoms with E-state index in [1.165, 1.54) is 5.06 Å². The summed E-state index contributed by atoms with van der Waals surface area (Å²) in [7, 11) is 0. The molecule has 132 valence electrons. The number of hydrogen-bond donors (Lipinski definition) is 1. The Morgan fingerprint density at radius 1 is 0.808 bits per heavy atom. The number of carbonyl (C=O) groups is 1. The van der Waals surface area contributed by atoms with Crippen molar-refractivity contribution in [1.29, 1.82) is 0 Å². The molecule has 2 aromatic carbocycles. The van der Waals surface area contributed by atoms with E-state index in [0.717, 1.165) is 16.7 Å². The van der Waals surface area contributed by atoms with Crippen LogP contribution in [0.3, 0.4) is 0 Å². The van der Waals surface area contributed by atoms with E-state index in [1.807, 2.05) is 93.6 Å². The Morgan fingerprint density at radius 3 is 1.62 bits per heavy atom. The quantitative estimate of drug-likeness (QED) is 0.786. The van der Waals surface area contributed by atoms with E-state index >= 15 is 0 Å². The second-order valence-corrected chi connectivity index (χ2v) is 7.32. The van der Waals surface area contributed by atoms with Gasteiger partial charge in [0.25, 0.3) is 0 Å².